The number of nitrogens with zero attached hydrogens (tertiary/aromatic N) is 1. The molecule has 0 saturated carbocycles. The van der Waals surface area contributed by atoms with Gasteiger partial charge in [-0.1, -0.05) is 39.8 Å². The summed E-state index contributed by atoms with van der Waals surface area (Å²) in [5.74, 6) is 0.885. The first-order chi connectivity index (χ1) is 9.28. The van der Waals surface area contributed by atoms with Crippen molar-refractivity contribution in [2.45, 2.75) is 46.2 Å². The molecule has 2 atom stereocenters. The number of rotatable bonds is 6. The largest absolute Gasteiger partial charge is 0.497 e. The van der Waals surface area contributed by atoms with Crippen LogP contribution in [0.1, 0.15) is 45.7 Å². The van der Waals surface area contributed by atoms with Crippen molar-refractivity contribution in [3.8, 4) is 5.75 Å². The molecule has 0 aliphatic heterocycles. The summed E-state index contributed by atoms with van der Waals surface area (Å²) in [4.78, 5) is 2.37. The predicted octanol–water partition coefficient (Wildman–Crippen LogP) is 3.45. The van der Waals surface area contributed by atoms with Crippen molar-refractivity contribution in [2.75, 3.05) is 20.7 Å². The van der Waals surface area contributed by atoms with Crippen molar-refractivity contribution in [3.63, 3.8) is 0 Å². The molecule has 1 rings (SSSR count). The molecule has 0 saturated heterocycles. The standard InChI is InChI=1S/C17H30N2O/c1-7-15(18)16(19(5)12-17(2,3)4)13-8-10-14(20-6)11-9-13/h8-11,15-16H,7,12,18H2,1-6H3. The van der Waals surface area contributed by atoms with Gasteiger partial charge in [-0.2, -0.15) is 0 Å². The second-order valence-electron chi connectivity index (χ2n) is 6.77. The molecule has 0 aliphatic carbocycles. The Labute approximate surface area is 124 Å². The quantitative estimate of drug-likeness (QED) is 0.866. The number of hydrogen-bond acceptors (Lipinski definition) is 3. The molecule has 0 amide bonds. The van der Waals surface area contributed by atoms with E-state index in [0.717, 1.165) is 18.7 Å². The number of methoxy groups -OCH3 is 1. The summed E-state index contributed by atoms with van der Waals surface area (Å²) in [6.45, 7) is 9.92. The van der Waals surface area contributed by atoms with E-state index in [1.54, 1.807) is 7.11 Å². The molecule has 1 aromatic rings. The molecule has 0 spiro atoms. The second-order valence-corrected chi connectivity index (χ2v) is 6.77. The SMILES string of the molecule is CCC(N)C(c1ccc(OC)cc1)N(C)CC(C)(C)C. The van der Waals surface area contributed by atoms with Crippen LogP contribution in [0.5, 0.6) is 5.75 Å². The van der Waals surface area contributed by atoms with Gasteiger partial charge in [0.05, 0.1) is 7.11 Å². The Morgan fingerprint density at radius 1 is 1.20 bits per heavy atom. The van der Waals surface area contributed by atoms with Gasteiger partial charge in [0.25, 0.3) is 0 Å². The first kappa shape index (κ1) is 17.0. The Hall–Kier alpha value is -1.06. The third-order valence-electron chi connectivity index (χ3n) is 3.53. The molecule has 1 aromatic carbocycles. The van der Waals surface area contributed by atoms with E-state index in [1.807, 2.05) is 12.1 Å². The Kier molecular flexibility index (Phi) is 6.03. The van der Waals surface area contributed by atoms with Gasteiger partial charge in [0.15, 0.2) is 0 Å². The van der Waals surface area contributed by atoms with Crippen LogP contribution >= 0.6 is 0 Å². The van der Waals surface area contributed by atoms with E-state index >= 15 is 0 Å². The van der Waals surface area contributed by atoms with Crippen LogP contribution in [0.15, 0.2) is 24.3 Å². The summed E-state index contributed by atoms with van der Waals surface area (Å²) in [7, 11) is 3.85. The lowest BCUT2D eigenvalue weighted by Crippen LogP contribution is -2.42. The van der Waals surface area contributed by atoms with Crippen LogP contribution in [0.4, 0.5) is 0 Å². The van der Waals surface area contributed by atoms with E-state index in [1.165, 1.54) is 5.56 Å². The highest BCUT2D eigenvalue weighted by molar-refractivity contribution is 5.30. The number of ether oxygens (including phenoxy) is 1. The molecular formula is C17H30N2O. The van der Waals surface area contributed by atoms with Crippen molar-refractivity contribution in [2.24, 2.45) is 11.1 Å². The molecule has 0 aliphatic rings. The maximum absolute atomic E-state index is 6.37. The van der Waals surface area contributed by atoms with Gasteiger partial charge in [-0.05, 0) is 36.6 Å². The summed E-state index contributed by atoms with van der Waals surface area (Å²) in [5.41, 5.74) is 7.88. The zero-order chi connectivity index (χ0) is 15.3. The zero-order valence-electron chi connectivity index (χ0n) is 13.8. The van der Waals surface area contributed by atoms with E-state index in [2.05, 4.69) is 51.8 Å². The number of likely N-dealkylation sites (N-methyl/N-ethyl adjacent to an activating group) is 1. The fourth-order valence-electron chi connectivity index (χ4n) is 2.70. The smallest absolute Gasteiger partial charge is 0.118 e. The molecule has 20 heavy (non-hydrogen) atoms. The van der Waals surface area contributed by atoms with Crippen molar-refractivity contribution in [3.05, 3.63) is 29.8 Å². The molecule has 0 radical (unpaired) electrons. The van der Waals surface area contributed by atoms with Crippen LogP contribution in [-0.4, -0.2) is 31.6 Å². The Bertz CT molecular complexity index is 394. The summed E-state index contributed by atoms with van der Waals surface area (Å²) in [6, 6.07) is 8.64. The van der Waals surface area contributed by atoms with Crippen LogP contribution in [0.25, 0.3) is 0 Å². The van der Waals surface area contributed by atoms with Gasteiger partial charge in [0.1, 0.15) is 5.75 Å². The average Bonchev–Trinajstić information content (AvgIpc) is 2.37. The molecule has 0 heterocycles. The van der Waals surface area contributed by atoms with Crippen LogP contribution in [0.3, 0.4) is 0 Å². The molecule has 0 aromatic heterocycles. The zero-order valence-corrected chi connectivity index (χ0v) is 13.8. The minimum atomic E-state index is 0.135. The first-order valence-corrected chi connectivity index (χ1v) is 7.38. The number of hydrogen-bond donors (Lipinski definition) is 1. The molecule has 3 nitrogen and oxygen atoms in total. The highest BCUT2D eigenvalue weighted by atomic mass is 16.5. The summed E-state index contributed by atoms with van der Waals surface area (Å²) >= 11 is 0. The number of benzene rings is 1. The topological polar surface area (TPSA) is 38.5 Å². The average molecular weight is 278 g/mol. The normalized spacial score (nSPS) is 15.2. The first-order valence-electron chi connectivity index (χ1n) is 7.38. The van der Waals surface area contributed by atoms with E-state index in [0.29, 0.717) is 0 Å². The fraction of sp³-hybridized carbons (Fsp3) is 0.647. The molecule has 3 heteroatoms. The highest BCUT2D eigenvalue weighted by Gasteiger charge is 2.26. The minimum Gasteiger partial charge on any atom is -0.497 e. The van der Waals surface area contributed by atoms with Gasteiger partial charge < -0.3 is 10.5 Å². The molecular weight excluding hydrogens is 248 g/mol. The van der Waals surface area contributed by atoms with Crippen molar-refractivity contribution in [1.29, 1.82) is 0 Å². The van der Waals surface area contributed by atoms with E-state index in [-0.39, 0.29) is 17.5 Å². The van der Waals surface area contributed by atoms with Crippen LogP contribution in [0.2, 0.25) is 0 Å². The van der Waals surface area contributed by atoms with E-state index in [9.17, 15) is 0 Å². The molecule has 0 bridgehead atoms. The molecule has 114 valence electrons. The van der Waals surface area contributed by atoms with Gasteiger partial charge in [0.2, 0.25) is 0 Å². The van der Waals surface area contributed by atoms with Crippen molar-refractivity contribution in [1.82, 2.24) is 4.90 Å². The van der Waals surface area contributed by atoms with E-state index in [4.69, 9.17) is 10.5 Å². The van der Waals surface area contributed by atoms with Gasteiger partial charge in [-0.25, -0.2) is 0 Å². The fourth-order valence-corrected chi connectivity index (χ4v) is 2.70. The molecule has 2 unspecified atom stereocenters. The lowest BCUT2D eigenvalue weighted by Gasteiger charge is -2.36. The second kappa shape index (κ2) is 7.09. The Morgan fingerprint density at radius 2 is 1.75 bits per heavy atom. The number of nitrogens with two attached hydrogens (primary N) is 1. The summed E-state index contributed by atoms with van der Waals surface area (Å²) in [6.07, 6.45) is 0.963. The third-order valence-corrected chi connectivity index (χ3v) is 3.53. The van der Waals surface area contributed by atoms with Crippen LogP contribution < -0.4 is 10.5 Å². The maximum Gasteiger partial charge on any atom is 0.118 e. The summed E-state index contributed by atoms with van der Waals surface area (Å²) < 4.78 is 5.23. The lowest BCUT2D eigenvalue weighted by atomic mass is 9.91. The van der Waals surface area contributed by atoms with Gasteiger partial charge in [0, 0.05) is 18.6 Å². The Morgan fingerprint density at radius 3 is 2.15 bits per heavy atom. The monoisotopic (exact) mass is 278 g/mol. The lowest BCUT2D eigenvalue weighted by molar-refractivity contribution is 0.151. The third kappa shape index (κ3) is 4.80. The molecule has 0 fully saturated rings. The van der Waals surface area contributed by atoms with Crippen LogP contribution in [-0.2, 0) is 0 Å². The van der Waals surface area contributed by atoms with Gasteiger partial charge in [-0.3, -0.25) is 4.90 Å². The minimum absolute atomic E-state index is 0.135. The van der Waals surface area contributed by atoms with Crippen molar-refractivity contribution < 1.29 is 4.74 Å². The summed E-state index contributed by atoms with van der Waals surface area (Å²) in [5, 5.41) is 0. The predicted molar refractivity (Wildman–Crippen MR) is 86.1 cm³/mol. The highest BCUT2D eigenvalue weighted by Crippen LogP contribution is 2.28. The van der Waals surface area contributed by atoms with Gasteiger partial charge >= 0.3 is 0 Å². The van der Waals surface area contributed by atoms with E-state index < -0.39 is 0 Å². The van der Waals surface area contributed by atoms with Gasteiger partial charge in [-0.15, -0.1) is 0 Å². The Balaban J connectivity index is 2.98. The molecule has 2 N–H and O–H groups in total. The van der Waals surface area contributed by atoms with Crippen molar-refractivity contribution >= 4 is 0 Å². The van der Waals surface area contributed by atoms with Crippen LogP contribution in [0, 0.1) is 5.41 Å². The maximum atomic E-state index is 6.37.